The quantitative estimate of drug-likeness (QED) is 0.724. The maximum Gasteiger partial charge on any atom is 0.253 e. The van der Waals surface area contributed by atoms with E-state index in [1.165, 1.54) is 0 Å². The van der Waals surface area contributed by atoms with Crippen LogP contribution >= 0.6 is 11.6 Å². The molecule has 1 aromatic heterocycles. The highest BCUT2D eigenvalue weighted by atomic mass is 35.5. The van der Waals surface area contributed by atoms with Crippen molar-refractivity contribution >= 4 is 17.5 Å². The summed E-state index contributed by atoms with van der Waals surface area (Å²) < 4.78 is 0. The fourth-order valence-corrected chi connectivity index (χ4v) is 2.83. The van der Waals surface area contributed by atoms with Crippen molar-refractivity contribution in [3.63, 3.8) is 0 Å². The minimum absolute atomic E-state index is 0.194. The molecule has 0 saturated carbocycles. The number of aliphatic hydroxyl groups is 1. The first-order chi connectivity index (χ1) is 12.2. The molecule has 1 amide bonds. The number of halogens is 1. The Morgan fingerprint density at radius 3 is 2.58 bits per heavy atom. The molecule has 2 rings (SSSR count). The van der Waals surface area contributed by atoms with Crippen molar-refractivity contribution in [3.8, 4) is 0 Å². The largest absolute Gasteiger partial charge is 0.391 e. The molecule has 4 N–H and O–H groups in total. The van der Waals surface area contributed by atoms with Gasteiger partial charge in [0.25, 0.3) is 5.91 Å². The number of rotatable bonds is 6. The van der Waals surface area contributed by atoms with Gasteiger partial charge in [-0.2, -0.15) is 0 Å². The maximum atomic E-state index is 12.5. The number of aromatic nitrogens is 1. The van der Waals surface area contributed by atoms with Crippen molar-refractivity contribution in [2.75, 3.05) is 0 Å². The van der Waals surface area contributed by atoms with Crippen LogP contribution in [0.4, 0.5) is 0 Å². The Morgan fingerprint density at radius 1 is 1.23 bits per heavy atom. The summed E-state index contributed by atoms with van der Waals surface area (Å²) in [6, 6.07) is 10.3. The van der Waals surface area contributed by atoms with Crippen LogP contribution in [-0.2, 0) is 12.8 Å². The topological polar surface area (TPSA) is 88.2 Å². The van der Waals surface area contributed by atoms with Gasteiger partial charge in [0.15, 0.2) is 0 Å². The molecule has 0 spiro atoms. The number of nitrogens with zero attached hydrogens (tertiary/aromatic N) is 1. The van der Waals surface area contributed by atoms with Crippen LogP contribution in [0.15, 0.2) is 42.6 Å². The van der Waals surface area contributed by atoms with E-state index in [1.54, 1.807) is 24.4 Å². The van der Waals surface area contributed by atoms with Crippen molar-refractivity contribution in [1.82, 2.24) is 10.3 Å². The summed E-state index contributed by atoms with van der Waals surface area (Å²) in [6.07, 6.45) is 1.40. The second kappa shape index (κ2) is 8.62. The molecule has 0 fully saturated rings. The van der Waals surface area contributed by atoms with Crippen molar-refractivity contribution < 1.29 is 9.90 Å². The van der Waals surface area contributed by atoms with Gasteiger partial charge in [0.1, 0.15) is 0 Å². The number of carbonyl (C=O) groups excluding carboxylic acids is 1. The van der Waals surface area contributed by atoms with E-state index in [-0.39, 0.29) is 17.9 Å². The Kier molecular flexibility index (Phi) is 6.75. The maximum absolute atomic E-state index is 12.5. The third-order valence-electron chi connectivity index (χ3n) is 3.93. The Balaban J connectivity index is 2.10. The lowest BCUT2D eigenvalue weighted by molar-refractivity contribution is 0.0916. The molecule has 5 nitrogen and oxygen atoms in total. The Labute approximate surface area is 159 Å². The van der Waals surface area contributed by atoms with Crippen LogP contribution in [0.3, 0.4) is 0 Å². The van der Waals surface area contributed by atoms with Crippen molar-refractivity contribution in [2.45, 2.75) is 51.3 Å². The first-order valence-corrected chi connectivity index (χ1v) is 8.98. The molecule has 0 aliphatic rings. The van der Waals surface area contributed by atoms with E-state index in [9.17, 15) is 9.90 Å². The van der Waals surface area contributed by atoms with Gasteiger partial charge in [-0.25, -0.2) is 0 Å². The zero-order valence-corrected chi connectivity index (χ0v) is 16.1. The molecule has 2 atom stereocenters. The van der Waals surface area contributed by atoms with Gasteiger partial charge in [0.05, 0.1) is 17.4 Å². The number of pyridine rings is 1. The van der Waals surface area contributed by atoms with Gasteiger partial charge < -0.3 is 16.2 Å². The number of nitrogens with two attached hydrogens (primary N) is 1. The lowest BCUT2D eigenvalue weighted by atomic mass is 9.97. The molecule has 1 aromatic carbocycles. The standard InChI is InChI=1S/C20H26ClN3O2/c1-20(2,3)24-19(26)14-8-6-10-23-17(14)12-18(25)16(22)11-13-7-4-5-9-15(13)21/h4-10,16,18,25H,11-12,22H2,1-3H3,(H,24,26). The molecule has 2 aromatic rings. The molecular weight excluding hydrogens is 350 g/mol. The average molecular weight is 376 g/mol. The van der Waals surface area contributed by atoms with Gasteiger partial charge in [-0.3, -0.25) is 9.78 Å². The predicted octanol–water partition coefficient (Wildman–Crippen LogP) is 2.74. The van der Waals surface area contributed by atoms with Crippen LogP contribution in [-0.4, -0.2) is 33.7 Å². The summed E-state index contributed by atoms with van der Waals surface area (Å²) in [5.74, 6) is -0.215. The Morgan fingerprint density at radius 2 is 1.92 bits per heavy atom. The first kappa shape index (κ1) is 20.4. The van der Waals surface area contributed by atoms with Crippen LogP contribution in [0, 0.1) is 0 Å². The van der Waals surface area contributed by atoms with Crippen molar-refractivity contribution in [3.05, 3.63) is 64.4 Å². The molecule has 6 heteroatoms. The lowest BCUT2D eigenvalue weighted by Gasteiger charge is -2.23. The summed E-state index contributed by atoms with van der Waals surface area (Å²) in [5.41, 5.74) is 7.66. The summed E-state index contributed by atoms with van der Waals surface area (Å²) >= 11 is 6.16. The fraction of sp³-hybridized carbons (Fsp3) is 0.400. The molecule has 1 heterocycles. The normalized spacial score (nSPS) is 13.9. The van der Waals surface area contributed by atoms with Gasteiger partial charge in [0, 0.05) is 29.2 Å². The van der Waals surface area contributed by atoms with E-state index in [1.807, 2.05) is 39.0 Å². The van der Waals surface area contributed by atoms with E-state index in [0.29, 0.717) is 22.7 Å². The van der Waals surface area contributed by atoms with Gasteiger partial charge in [0.2, 0.25) is 0 Å². The summed E-state index contributed by atoms with van der Waals surface area (Å²) in [4.78, 5) is 16.8. The number of nitrogens with one attached hydrogen (secondary N) is 1. The summed E-state index contributed by atoms with van der Waals surface area (Å²) in [5, 5.41) is 14.1. The summed E-state index contributed by atoms with van der Waals surface area (Å²) in [7, 11) is 0. The highest BCUT2D eigenvalue weighted by Crippen LogP contribution is 2.18. The van der Waals surface area contributed by atoms with Crippen LogP contribution in [0.1, 0.15) is 42.4 Å². The van der Waals surface area contributed by atoms with Gasteiger partial charge in [-0.05, 0) is 51.0 Å². The highest BCUT2D eigenvalue weighted by molar-refractivity contribution is 6.31. The number of hydrogen-bond donors (Lipinski definition) is 3. The number of aliphatic hydroxyl groups excluding tert-OH is 1. The molecule has 26 heavy (non-hydrogen) atoms. The molecule has 0 aliphatic heterocycles. The van der Waals surface area contributed by atoms with Crippen LogP contribution in [0.5, 0.6) is 0 Å². The molecule has 0 radical (unpaired) electrons. The van der Waals surface area contributed by atoms with E-state index in [4.69, 9.17) is 17.3 Å². The number of carbonyl (C=O) groups is 1. The molecule has 0 aliphatic carbocycles. The number of benzene rings is 1. The van der Waals surface area contributed by atoms with E-state index >= 15 is 0 Å². The van der Waals surface area contributed by atoms with E-state index in [0.717, 1.165) is 5.56 Å². The predicted molar refractivity (Wildman–Crippen MR) is 104 cm³/mol. The van der Waals surface area contributed by atoms with Crippen LogP contribution < -0.4 is 11.1 Å². The number of hydrogen-bond acceptors (Lipinski definition) is 4. The van der Waals surface area contributed by atoms with E-state index in [2.05, 4.69) is 10.3 Å². The summed E-state index contributed by atoms with van der Waals surface area (Å²) in [6.45, 7) is 5.74. The van der Waals surface area contributed by atoms with Crippen molar-refractivity contribution in [2.24, 2.45) is 5.73 Å². The minimum atomic E-state index is -0.845. The van der Waals surface area contributed by atoms with Gasteiger partial charge >= 0.3 is 0 Å². The third-order valence-corrected chi connectivity index (χ3v) is 4.30. The highest BCUT2D eigenvalue weighted by Gasteiger charge is 2.22. The third kappa shape index (κ3) is 5.80. The molecule has 0 bridgehead atoms. The zero-order valence-electron chi connectivity index (χ0n) is 15.4. The van der Waals surface area contributed by atoms with Crippen molar-refractivity contribution in [1.29, 1.82) is 0 Å². The smallest absolute Gasteiger partial charge is 0.253 e. The molecular formula is C20H26ClN3O2. The first-order valence-electron chi connectivity index (χ1n) is 8.61. The van der Waals surface area contributed by atoms with Gasteiger partial charge in [-0.15, -0.1) is 0 Å². The SMILES string of the molecule is CC(C)(C)NC(=O)c1cccnc1CC(O)C(N)Cc1ccccc1Cl. The van der Waals surface area contributed by atoms with E-state index < -0.39 is 12.1 Å². The minimum Gasteiger partial charge on any atom is -0.391 e. The van der Waals surface area contributed by atoms with Crippen LogP contribution in [0.25, 0.3) is 0 Å². The second-order valence-corrected chi connectivity index (χ2v) is 7.84. The average Bonchev–Trinajstić information content (AvgIpc) is 2.55. The monoisotopic (exact) mass is 375 g/mol. The number of amides is 1. The molecule has 140 valence electrons. The van der Waals surface area contributed by atoms with Gasteiger partial charge in [-0.1, -0.05) is 29.8 Å². The Hall–Kier alpha value is -1.95. The zero-order chi connectivity index (χ0) is 19.3. The molecule has 2 unspecified atom stereocenters. The lowest BCUT2D eigenvalue weighted by Crippen LogP contribution is -2.42. The Bertz CT molecular complexity index is 759. The molecule has 0 saturated heterocycles. The van der Waals surface area contributed by atoms with Crippen LogP contribution in [0.2, 0.25) is 5.02 Å². The fourth-order valence-electron chi connectivity index (χ4n) is 2.62. The second-order valence-electron chi connectivity index (χ2n) is 7.43.